The molecule has 0 aliphatic heterocycles. The SMILES string of the molecule is O=C(N(c1cccc(C2CC2NCC2CC2)c1)c1ccc2[nH]c(=O)sc2c1)C(F)(F)F. The zero-order valence-corrected chi connectivity index (χ0v) is 17.2. The van der Waals surface area contributed by atoms with Crippen LogP contribution in [0, 0.1) is 5.92 Å². The van der Waals surface area contributed by atoms with E-state index in [2.05, 4.69) is 10.3 Å². The fraction of sp³-hybridized carbons (Fsp3) is 0.364. The number of anilines is 2. The number of alkyl halides is 3. The van der Waals surface area contributed by atoms with Crippen molar-refractivity contribution in [2.24, 2.45) is 5.92 Å². The summed E-state index contributed by atoms with van der Waals surface area (Å²) in [5.74, 6) is -0.975. The number of hydrogen-bond acceptors (Lipinski definition) is 4. The summed E-state index contributed by atoms with van der Waals surface area (Å²) < 4.78 is 40.8. The standard InChI is InChI=1S/C22H20F3N3O2S/c23-22(24,25)20(29)28(15-6-7-17-19(9-15)31-21(30)27-17)14-3-1-2-13(8-14)16-10-18(16)26-11-12-4-5-12/h1-3,6-9,12,16,18,26H,4-5,10-11H2,(H,27,30). The molecular formula is C22H20F3N3O2S. The van der Waals surface area contributed by atoms with Crippen LogP contribution in [0.2, 0.25) is 0 Å². The number of hydrogen-bond donors (Lipinski definition) is 2. The van der Waals surface area contributed by atoms with Crippen LogP contribution in [0.5, 0.6) is 0 Å². The number of nitrogens with one attached hydrogen (secondary N) is 2. The van der Waals surface area contributed by atoms with Gasteiger partial charge in [0.05, 0.1) is 15.9 Å². The molecule has 2 unspecified atom stereocenters. The summed E-state index contributed by atoms with van der Waals surface area (Å²) in [4.78, 5) is 27.0. The van der Waals surface area contributed by atoms with Crippen LogP contribution in [-0.2, 0) is 4.79 Å². The summed E-state index contributed by atoms with van der Waals surface area (Å²) in [6.07, 6.45) is -1.58. The van der Waals surface area contributed by atoms with Crippen molar-refractivity contribution >= 4 is 38.8 Å². The molecule has 1 amide bonds. The quantitative estimate of drug-likeness (QED) is 0.577. The van der Waals surface area contributed by atoms with Crippen molar-refractivity contribution in [3.63, 3.8) is 0 Å². The molecule has 2 aromatic carbocycles. The molecule has 2 aliphatic rings. The molecular weight excluding hydrogens is 427 g/mol. The second kappa shape index (κ2) is 7.49. The fourth-order valence-corrected chi connectivity index (χ4v) is 4.68. The first-order chi connectivity index (χ1) is 14.8. The Labute approximate surface area is 179 Å². The lowest BCUT2D eigenvalue weighted by atomic mass is 10.1. The van der Waals surface area contributed by atoms with E-state index in [1.165, 1.54) is 37.1 Å². The monoisotopic (exact) mass is 447 g/mol. The molecule has 2 N–H and O–H groups in total. The molecule has 5 rings (SSSR count). The first-order valence-electron chi connectivity index (χ1n) is 10.2. The Bertz CT molecular complexity index is 1200. The van der Waals surface area contributed by atoms with E-state index in [1.54, 1.807) is 12.1 Å². The van der Waals surface area contributed by atoms with E-state index >= 15 is 0 Å². The van der Waals surface area contributed by atoms with Gasteiger partial charge in [-0.05, 0) is 67.6 Å². The van der Waals surface area contributed by atoms with Crippen LogP contribution in [0.25, 0.3) is 10.2 Å². The van der Waals surface area contributed by atoms with E-state index in [0.717, 1.165) is 35.8 Å². The molecule has 0 spiro atoms. The highest BCUT2D eigenvalue weighted by Crippen LogP contribution is 2.43. The van der Waals surface area contributed by atoms with Gasteiger partial charge in [0.15, 0.2) is 0 Å². The number of fused-ring (bicyclic) bond motifs is 1. The highest BCUT2D eigenvalue weighted by atomic mass is 32.1. The number of aromatic amines is 1. The molecule has 162 valence electrons. The Morgan fingerprint density at radius 1 is 1.16 bits per heavy atom. The number of amides is 1. The van der Waals surface area contributed by atoms with Gasteiger partial charge in [0.25, 0.3) is 0 Å². The molecule has 5 nitrogen and oxygen atoms in total. The number of nitrogens with zero attached hydrogens (tertiary/aromatic N) is 1. The maximum Gasteiger partial charge on any atom is 0.472 e. The van der Waals surface area contributed by atoms with Gasteiger partial charge in [-0.2, -0.15) is 13.2 Å². The number of carbonyl (C=O) groups excluding carboxylic acids is 1. The topological polar surface area (TPSA) is 65.2 Å². The minimum Gasteiger partial charge on any atom is -0.313 e. The molecule has 0 bridgehead atoms. The van der Waals surface area contributed by atoms with Gasteiger partial charge < -0.3 is 10.3 Å². The molecule has 2 aliphatic carbocycles. The molecule has 2 saturated carbocycles. The number of rotatable bonds is 6. The average Bonchev–Trinajstić information content (AvgIpc) is 3.63. The van der Waals surface area contributed by atoms with E-state index in [1.807, 2.05) is 6.07 Å². The Kier molecular flexibility index (Phi) is 4.90. The third-order valence-electron chi connectivity index (χ3n) is 5.82. The Morgan fingerprint density at radius 2 is 1.94 bits per heavy atom. The molecule has 2 atom stereocenters. The second-order valence-electron chi connectivity index (χ2n) is 8.23. The molecule has 2 fully saturated rings. The van der Waals surface area contributed by atoms with Crippen LogP contribution < -0.4 is 15.1 Å². The van der Waals surface area contributed by atoms with Crippen LogP contribution >= 0.6 is 11.3 Å². The third kappa shape index (κ3) is 4.24. The average molecular weight is 447 g/mol. The number of H-pyrrole nitrogens is 1. The third-order valence-corrected chi connectivity index (χ3v) is 6.67. The predicted octanol–water partition coefficient (Wildman–Crippen LogP) is 4.67. The summed E-state index contributed by atoms with van der Waals surface area (Å²) in [6, 6.07) is 11.4. The van der Waals surface area contributed by atoms with Crippen molar-refractivity contribution in [1.29, 1.82) is 0 Å². The molecule has 0 radical (unpaired) electrons. The Balaban J connectivity index is 1.47. The number of thiazole rings is 1. The Morgan fingerprint density at radius 3 is 2.68 bits per heavy atom. The van der Waals surface area contributed by atoms with E-state index in [0.29, 0.717) is 21.2 Å². The molecule has 3 aromatic rings. The lowest BCUT2D eigenvalue weighted by Gasteiger charge is -2.24. The van der Waals surface area contributed by atoms with Gasteiger partial charge in [-0.3, -0.25) is 14.5 Å². The van der Waals surface area contributed by atoms with E-state index in [-0.39, 0.29) is 22.2 Å². The van der Waals surface area contributed by atoms with Crippen LogP contribution in [0.15, 0.2) is 47.3 Å². The Hall–Kier alpha value is -2.65. The fourth-order valence-electron chi connectivity index (χ4n) is 3.91. The van der Waals surface area contributed by atoms with Gasteiger partial charge in [-0.1, -0.05) is 23.5 Å². The van der Waals surface area contributed by atoms with Crippen LogP contribution in [0.1, 0.15) is 30.7 Å². The largest absolute Gasteiger partial charge is 0.472 e. The van der Waals surface area contributed by atoms with Crippen molar-refractivity contribution in [2.45, 2.75) is 37.4 Å². The lowest BCUT2D eigenvalue weighted by molar-refractivity contribution is -0.169. The van der Waals surface area contributed by atoms with Gasteiger partial charge in [-0.15, -0.1) is 0 Å². The van der Waals surface area contributed by atoms with Gasteiger partial charge >= 0.3 is 17.0 Å². The molecule has 1 aromatic heterocycles. The summed E-state index contributed by atoms with van der Waals surface area (Å²) in [7, 11) is 0. The number of carbonyl (C=O) groups is 1. The van der Waals surface area contributed by atoms with Crippen molar-refractivity contribution in [3.8, 4) is 0 Å². The maximum atomic E-state index is 13.4. The zero-order valence-electron chi connectivity index (χ0n) is 16.4. The van der Waals surface area contributed by atoms with Crippen molar-refractivity contribution < 1.29 is 18.0 Å². The molecule has 1 heterocycles. The van der Waals surface area contributed by atoms with Crippen LogP contribution in [0.3, 0.4) is 0 Å². The number of benzene rings is 2. The minimum absolute atomic E-state index is 0.0708. The van der Waals surface area contributed by atoms with Gasteiger partial charge in [-0.25, -0.2) is 0 Å². The lowest BCUT2D eigenvalue weighted by Crippen LogP contribution is -2.38. The summed E-state index contributed by atoms with van der Waals surface area (Å²) >= 11 is 0.891. The van der Waals surface area contributed by atoms with E-state index in [9.17, 15) is 22.8 Å². The number of aromatic nitrogens is 1. The van der Waals surface area contributed by atoms with Crippen molar-refractivity contribution in [3.05, 3.63) is 57.7 Å². The predicted molar refractivity (Wildman–Crippen MR) is 114 cm³/mol. The van der Waals surface area contributed by atoms with Gasteiger partial charge in [0.1, 0.15) is 0 Å². The minimum atomic E-state index is -5.04. The highest BCUT2D eigenvalue weighted by molar-refractivity contribution is 7.16. The first-order valence-corrected chi connectivity index (χ1v) is 11.0. The maximum absolute atomic E-state index is 13.4. The summed E-state index contributed by atoms with van der Waals surface area (Å²) in [6.45, 7) is 0.985. The smallest absolute Gasteiger partial charge is 0.313 e. The molecule has 0 saturated heterocycles. The van der Waals surface area contributed by atoms with Crippen LogP contribution in [-0.4, -0.2) is 29.7 Å². The molecule has 9 heteroatoms. The normalized spacial score (nSPS) is 20.7. The summed E-state index contributed by atoms with van der Waals surface area (Å²) in [5, 5.41) is 3.52. The first kappa shape index (κ1) is 20.3. The second-order valence-corrected chi connectivity index (χ2v) is 9.24. The number of halogens is 3. The van der Waals surface area contributed by atoms with E-state index in [4.69, 9.17) is 0 Å². The van der Waals surface area contributed by atoms with Crippen molar-refractivity contribution in [1.82, 2.24) is 10.3 Å². The van der Waals surface area contributed by atoms with Crippen molar-refractivity contribution in [2.75, 3.05) is 11.4 Å². The molecule has 31 heavy (non-hydrogen) atoms. The zero-order chi connectivity index (χ0) is 21.8. The van der Waals surface area contributed by atoms with Gasteiger partial charge in [0.2, 0.25) is 0 Å². The van der Waals surface area contributed by atoms with Gasteiger partial charge in [0, 0.05) is 17.6 Å². The van der Waals surface area contributed by atoms with E-state index < -0.39 is 12.1 Å². The summed E-state index contributed by atoms with van der Waals surface area (Å²) in [5.41, 5.74) is 1.67. The highest BCUT2D eigenvalue weighted by Gasteiger charge is 2.44. The van der Waals surface area contributed by atoms with Crippen LogP contribution in [0.4, 0.5) is 24.5 Å².